The van der Waals surface area contributed by atoms with Gasteiger partial charge in [-0.05, 0) is 30.4 Å². The Morgan fingerprint density at radius 3 is 1.75 bits per heavy atom. The summed E-state index contributed by atoms with van der Waals surface area (Å²) in [6, 6.07) is 4.15. The van der Waals surface area contributed by atoms with Gasteiger partial charge in [0.05, 0.1) is 0 Å². The molecule has 0 spiro atoms. The Morgan fingerprint density at radius 2 is 1.44 bits per heavy atom. The van der Waals surface area contributed by atoms with E-state index in [1.54, 1.807) is 0 Å². The molecule has 7 heteroatoms. The summed E-state index contributed by atoms with van der Waals surface area (Å²) in [5.74, 6) is -1.34. The lowest BCUT2D eigenvalue weighted by Gasteiger charge is -2.07. The van der Waals surface area contributed by atoms with Crippen molar-refractivity contribution in [3.8, 4) is 0 Å². The highest BCUT2D eigenvalue weighted by molar-refractivity contribution is 7.80. The average Bonchev–Trinajstić information content (AvgIpc) is 2.15. The first kappa shape index (κ1) is 11.9. The maximum absolute atomic E-state index is 11.0. The van der Waals surface area contributed by atoms with Gasteiger partial charge in [-0.25, -0.2) is 0 Å². The molecule has 1 rings (SSSR count). The van der Waals surface area contributed by atoms with Crippen LogP contribution in [0.3, 0.4) is 0 Å². The lowest BCUT2D eigenvalue weighted by Crippen LogP contribution is -2.21. The molecule has 0 heterocycles. The molecule has 0 bridgehead atoms. The molecule has 0 atom stereocenters. The zero-order valence-corrected chi connectivity index (χ0v) is 9.01. The van der Waals surface area contributed by atoms with E-state index in [4.69, 9.17) is 17.2 Å². The number of carbonyl (C=O) groups is 2. The molecule has 16 heavy (non-hydrogen) atoms. The maximum Gasteiger partial charge on any atom is 0.248 e. The molecule has 0 aliphatic rings. The Hall–Kier alpha value is -2.15. The van der Waals surface area contributed by atoms with Crippen molar-refractivity contribution in [1.29, 1.82) is 0 Å². The quantitative estimate of drug-likeness (QED) is 0.530. The zero-order chi connectivity index (χ0) is 12.3. The van der Waals surface area contributed by atoms with Crippen molar-refractivity contribution in [3.63, 3.8) is 0 Å². The van der Waals surface area contributed by atoms with Crippen molar-refractivity contribution >= 4 is 34.8 Å². The number of rotatable bonds is 3. The molecule has 1 aromatic rings. The van der Waals surface area contributed by atoms with Crippen LogP contribution in [0.2, 0.25) is 0 Å². The second-order valence-electron chi connectivity index (χ2n) is 3.02. The highest BCUT2D eigenvalue weighted by atomic mass is 32.1. The zero-order valence-electron chi connectivity index (χ0n) is 8.19. The monoisotopic (exact) mass is 238 g/mol. The summed E-state index contributed by atoms with van der Waals surface area (Å²) in [5.41, 5.74) is 16.1. The summed E-state index contributed by atoms with van der Waals surface area (Å²) in [4.78, 5) is 22.0. The van der Waals surface area contributed by atoms with Crippen molar-refractivity contribution in [2.75, 3.05) is 5.32 Å². The fraction of sp³-hybridized carbons (Fsp3) is 0. The second kappa shape index (κ2) is 4.58. The summed E-state index contributed by atoms with van der Waals surface area (Å²) in [7, 11) is 0. The molecular weight excluding hydrogens is 228 g/mol. The van der Waals surface area contributed by atoms with Crippen LogP contribution in [0.1, 0.15) is 20.7 Å². The van der Waals surface area contributed by atoms with Crippen LogP contribution in [0.15, 0.2) is 18.2 Å². The summed E-state index contributed by atoms with van der Waals surface area (Å²) < 4.78 is 0. The summed E-state index contributed by atoms with van der Waals surface area (Å²) >= 11 is 4.63. The minimum absolute atomic E-state index is 0.0111. The largest absolute Gasteiger partial charge is 0.376 e. The Bertz CT molecular complexity index is 440. The van der Waals surface area contributed by atoms with E-state index in [1.807, 2.05) is 0 Å². The third-order valence-corrected chi connectivity index (χ3v) is 1.87. The summed E-state index contributed by atoms with van der Waals surface area (Å²) in [6.45, 7) is 0. The number of nitrogens with one attached hydrogen (secondary N) is 1. The van der Waals surface area contributed by atoms with Gasteiger partial charge < -0.3 is 22.5 Å². The minimum atomic E-state index is -0.672. The van der Waals surface area contributed by atoms with Gasteiger partial charge in [-0.15, -0.1) is 0 Å². The number of amides is 2. The number of benzene rings is 1. The highest BCUT2D eigenvalue weighted by Crippen LogP contribution is 2.14. The summed E-state index contributed by atoms with van der Waals surface area (Å²) in [6.07, 6.45) is 0. The topological polar surface area (TPSA) is 124 Å². The molecule has 0 fully saturated rings. The van der Waals surface area contributed by atoms with E-state index in [0.717, 1.165) is 0 Å². The van der Waals surface area contributed by atoms with Gasteiger partial charge in [0.25, 0.3) is 0 Å². The van der Waals surface area contributed by atoms with Crippen molar-refractivity contribution in [2.45, 2.75) is 0 Å². The van der Waals surface area contributed by atoms with Gasteiger partial charge in [0.15, 0.2) is 5.11 Å². The molecule has 0 aliphatic carbocycles. The van der Waals surface area contributed by atoms with Crippen LogP contribution < -0.4 is 22.5 Å². The molecule has 0 radical (unpaired) electrons. The van der Waals surface area contributed by atoms with E-state index in [9.17, 15) is 9.59 Å². The third kappa shape index (κ3) is 2.92. The molecule has 0 aromatic heterocycles. The number of hydrogen-bond donors (Lipinski definition) is 4. The van der Waals surface area contributed by atoms with Crippen LogP contribution in [0.4, 0.5) is 5.69 Å². The second-order valence-corrected chi connectivity index (χ2v) is 3.46. The fourth-order valence-electron chi connectivity index (χ4n) is 1.13. The third-order valence-electron chi connectivity index (χ3n) is 1.77. The van der Waals surface area contributed by atoms with Crippen LogP contribution in [0.5, 0.6) is 0 Å². The van der Waals surface area contributed by atoms with Crippen LogP contribution in [0.25, 0.3) is 0 Å². The SMILES string of the molecule is NC(=O)c1cc(NC(N)=S)cc(C(N)=O)c1. The number of thiocarbonyl (C=S) groups is 1. The number of anilines is 1. The van der Waals surface area contributed by atoms with Crippen molar-refractivity contribution in [3.05, 3.63) is 29.3 Å². The number of primary amides is 2. The van der Waals surface area contributed by atoms with Crippen molar-refractivity contribution in [1.82, 2.24) is 0 Å². The van der Waals surface area contributed by atoms with Gasteiger partial charge >= 0.3 is 0 Å². The predicted octanol–water partition coefficient (Wildman–Crippen LogP) is -0.460. The maximum atomic E-state index is 11.0. The number of carbonyl (C=O) groups excluding carboxylic acids is 2. The van der Waals surface area contributed by atoms with Crippen LogP contribution >= 0.6 is 12.2 Å². The fourth-order valence-corrected chi connectivity index (χ4v) is 1.24. The highest BCUT2D eigenvalue weighted by Gasteiger charge is 2.09. The van der Waals surface area contributed by atoms with Gasteiger partial charge in [-0.1, -0.05) is 0 Å². The Labute approximate surface area is 96.8 Å². The van der Waals surface area contributed by atoms with Gasteiger partial charge in [-0.3, -0.25) is 9.59 Å². The van der Waals surface area contributed by atoms with E-state index in [2.05, 4.69) is 17.5 Å². The van der Waals surface area contributed by atoms with Crippen LogP contribution in [-0.4, -0.2) is 16.9 Å². The molecule has 0 unspecified atom stereocenters. The van der Waals surface area contributed by atoms with Gasteiger partial charge in [-0.2, -0.15) is 0 Å². The van der Waals surface area contributed by atoms with Crippen LogP contribution in [0, 0.1) is 0 Å². The smallest absolute Gasteiger partial charge is 0.248 e. The van der Waals surface area contributed by atoms with Gasteiger partial charge in [0, 0.05) is 16.8 Å². The molecule has 7 N–H and O–H groups in total. The van der Waals surface area contributed by atoms with Crippen molar-refractivity contribution < 1.29 is 9.59 Å². The van der Waals surface area contributed by atoms with E-state index >= 15 is 0 Å². The Kier molecular flexibility index (Phi) is 3.41. The lowest BCUT2D eigenvalue weighted by molar-refractivity contribution is 0.0999. The molecule has 0 aliphatic heterocycles. The average molecular weight is 238 g/mol. The van der Waals surface area contributed by atoms with E-state index in [-0.39, 0.29) is 16.2 Å². The Balaban J connectivity index is 3.23. The molecule has 6 nitrogen and oxygen atoms in total. The number of hydrogen-bond acceptors (Lipinski definition) is 3. The van der Waals surface area contributed by atoms with E-state index in [0.29, 0.717) is 5.69 Å². The first-order chi connectivity index (χ1) is 7.40. The minimum Gasteiger partial charge on any atom is -0.376 e. The first-order valence-corrected chi connectivity index (χ1v) is 4.62. The van der Waals surface area contributed by atoms with Crippen LogP contribution in [-0.2, 0) is 0 Å². The normalized spacial score (nSPS) is 9.50. The Morgan fingerprint density at radius 1 is 1.00 bits per heavy atom. The van der Waals surface area contributed by atoms with Gasteiger partial charge in [0.1, 0.15) is 0 Å². The van der Waals surface area contributed by atoms with E-state index < -0.39 is 11.8 Å². The lowest BCUT2D eigenvalue weighted by atomic mass is 10.1. The van der Waals surface area contributed by atoms with Crippen molar-refractivity contribution in [2.24, 2.45) is 17.2 Å². The summed E-state index contributed by atoms with van der Waals surface area (Å²) in [5, 5.41) is 2.60. The molecule has 84 valence electrons. The predicted molar refractivity (Wildman–Crippen MR) is 63.9 cm³/mol. The standard InChI is InChI=1S/C9H10N4O2S/c10-7(14)4-1-5(8(11)15)3-6(2-4)13-9(12)16/h1-3H,(H2,10,14)(H2,11,15)(H3,12,13,16). The molecule has 1 aromatic carbocycles. The van der Waals surface area contributed by atoms with Gasteiger partial charge in [0.2, 0.25) is 11.8 Å². The molecule has 0 saturated carbocycles. The molecule has 0 saturated heterocycles. The number of nitrogens with two attached hydrogens (primary N) is 3. The molecule has 2 amide bonds. The van der Waals surface area contributed by atoms with E-state index in [1.165, 1.54) is 18.2 Å². The molecular formula is C9H10N4O2S. The first-order valence-electron chi connectivity index (χ1n) is 4.21.